The molecule has 2 aromatic heterocycles. The van der Waals surface area contributed by atoms with E-state index in [-0.39, 0.29) is 5.54 Å². The lowest BCUT2D eigenvalue weighted by Crippen LogP contribution is -2.27. The van der Waals surface area contributed by atoms with Crippen LogP contribution in [0.5, 0.6) is 0 Å². The van der Waals surface area contributed by atoms with Gasteiger partial charge in [-0.15, -0.1) is 0 Å². The summed E-state index contributed by atoms with van der Waals surface area (Å²) >= 11 is 0. The van der Waals surface area contributed by atoms with E-state index in [9.17, 15) is 0 Å². The summed E-state index contributed by atoms with van der Waals surface area (Å²) in [6.45, 7) is 10.4. The monoisotopic (exact) mass is 218 g/mol. The molecule has 0 unspecified atom stereocenters. The molecule has 16 heavy (non-hydrogen) atoms. The predicted molar refractivity (Wildman–Crippen MR) is 65.8 cm³/mol. The van der Waals surface area contributed by atoms with Crippen LogP contribution in [-0.4, -0.2) is 20.1 Å². The van der Waals surface area contributed by atoms with E-state index in [4.69, 9.17) is 0 Å². The lowest BCUT2D eigenvalue weighted by Gasteiger charge is -2.22. The number of fused-ring (bicyclic) bond motifs is 1. The maximum Gasteiger partial charge on any atom is 0.157 e. The molecule has 2 heterocycles. The first-order valence-corrected chi connectivity index (χ1v) is 5.47. The molecule has 0 aliphatic heterocycles. The van der Waals surface area contributed by atoms with Gasteiger partial charge >= 0.3 is 0 Å². The van der Waals surface area contributed by atoms with Crippen LogP contribution < -0.4 is 5.32 Å². The zero-order valence-corrected chi connectivity index (χ0v) is 10.5. The van der Waals surface area contributed by atoms with Crippen LogP contribution in [0.25, 0.3) is 5.65 Å². The largest absolute Gasteiger partial charge is 0.365 e. The van der Waals surface area contributed by atoms with Crippen molar-refractivity contribution in [2.24, 2.45) is 0 Å². The summed E-state index contributed by atoms with van der Waals surface area (Å²) in [5.74, 6) is 0.989. The van der Waals surface area contributed by atoms with E-state index in [0.717, 1.165) is 22.9 Å². The summed E-state index contributed by atoms with van der Waals surface area (Å²) in [5, 5.41) is 7.87. The highest BCUT2D eigenvalue weighted by atomic mass is 15.3. The van der Waals surface area contributed by atoms with Gasteiger partial charge in [0.2, 0.25) is 0 Å². The predicted octanol–water partition coefficient (Wildman–Crippen LogP) is 2.56. The first-order valence-electron chi connectivity index (χ1n) is 5.47. The van der Waals surface area contributed by atoms with Gasteiger partial charge in [0.05, 0.1) is 5.69 Å². The second-order valence-corrected chi connectivity index (χ2v) is 5.21. The topological polar surface area (TPSA) is 42.2 Å². The number of nitrogens with one attached hydrogen (secondary N) is 1. The minimum atomic E-state index is 0.0145. The fourth-order valence-corrected chi connectivity index (χ4v) is 1.69. The number of aromatic nitrogens is 3. The number of anilines is 1. The van der Waals surface area contributed by atoms with Crippen molar-refractivity contribution in [1.82, 2.24) is 14.6 Å². The first-order chi connectivity index (χ1) is 7.35. The molecule has 86 valence electrons. The summed E-state index contributed by atoms with van der Waals surface area (Å²) in [6.07, 6.45) is 0. The molecule has 4 nitrogen and oxygen atoms in total. The van der Waals surface area contributed by atoms with Crippen molar-refractivity contribution in [3.8, 4) is 0 Å². The van der Waals surface area contributed by atoms with Gasteiger partial charge in [-0.1, -0.05) is 0 Å². The van der Waals surface area contributed by atoms with E-state index in [0.29, 0.717) is 0 Å². The quantitative estimate of drug-likeness (QED) is 0.800. The summed E-state index contributed by atoms with van der Waals surface area (Å²) < 4.78 is 1.85. The molecule has 0 radical (unpaired) electrons. The lowest BCUT2D eigenvalue weighted by molar-refractivity contribution is 0.625. The third-order valence-corrected chi connectivity index (χ3v) is 2.18. The molecular weight excluding hydrogens is 200 g/mol. The zero-order valence-electron chi connectivity index (χ0n) is 10.5. The van der Waals surface area contributed by atoms with Crippen LogP contribution >= 0.6 is 0 Å². The lowest BCUT2D eigenvalue weighted by atomic mass is 10.1. The molecule has 0 saturated heterocycles. The van der Waals surface area contributed by atoms with E-state index >= 15 is 0 Å². The SMILES string of the molecule is Cc1cc(NC(C)(C)C)n2nc(C)cc2n1. The molecule has 2 aromatic rings. The molecule has 1 N–H and O–H groups in total. The van der Waals surface area contributed by atoms with Gasteiger partial charge in [-0.25, -0.2) is 4.98 Å². The highest BCUT2D eigenvalue weighted by Gasteiger charge is 2.13. The molecule has 0 amide bonds. The van der Waals surface area contributed by atoms with Crippen molar-refractivity contribution in [2.45, 2.75) is 40.2 Å². The summed E-state index contributed by atoms with van der Waals surface area (Å²) in [4.78, 5) is 4.45. The Bertz CT molecular complexity index is 520. The minimum Gasteiger partial charge on any atom is -0.365 e. The second-order valence-electron chi connectivity index (χ2n) is 5.21. The van der Waals surface area contributed by atoms with Crippen LogP contribution in [0.15, 0.2) is 12.1 Å². The van der Waals surface area contributed by atoms with E-state index in [1.807, 2.05) is 30.5 Å². The summed E-state index contributed by atoms with van der Waals surface area (Å²) in [7, 11) is 0. The Balaban J connectivity index is 2.58. The van der Waals surface area contributed by atoms with Crippen LogP contribution in [0.3, 0.4) is 0 Å². The standard InChI is InChI=1S/C12H18N4/c1-8-6-11(14-12(3,4)5)16-10(13-8)7-9(2)15-16/h6-7,14H,1-5H3. The Morgan fingerprint density at radius 2 is 1.81 bits per heavy atom. The molecule has 0 aliphatic carbocycles. The highest BCUT2D eigenvalue weighted by molar-refractivity contribution is 5.51. The van der Waals surface area contributed by atoms with Crippen molar-refractivity contribution in [3.05, 3.63) is 23.5 Å². The minimum absolute atomic E-state index is 0.0145. The average Bonchev–Trinajstić information content (AvgIpc) is 2.42. The Hall–Kier alpha value is -1.58. The molecular formula is C12H18N4. The second kappa shape index (κ2) is 3.47. The fourth-order valence-electron chi connectivity index (χ4n) is 1.69. The molecule has 4 heteroatoms. The molecule has 0 bridgehead atoms. The van der Waals surface area contributed by atoms with Gasteiger partial charge in [-0.2, -0.15) is 9.61 Å². The Morgan fingerprint density at radius 1 is 1.12 bits per heavy atom. The molecule has 0 saturated carbocycles. The van der Waals surface area contributed by atoms with Crippen molar-refractivity contribution < 1.29 is 0 Å². The van der Waals surface area contributed by atoms with Crippen LogP contribution in [0.2, 0.25) is 0 Å². The van der Waals surface area contributed by atoms with Gasteiger partial charge in [0.1, 0.15) is 5.82 Å². The van der Waals surface area contributed by atoms with Crippen molar-refractivity contribution >= 4 is 11.5 Å². The fraction of sp³-hybridized carbons (Fsp3) is 0.500. The van der Waals surface area contributed by atoms with Gasteiger partial charge in [-0.05, 0) is 34.6 Å². The van der Waals surface area contributed by atoms with Crippen LogP contribution in [0.1, 0.15) is 32.2 Å². The van der Waals surface area contributed by atoms with E-state index in [1.165, 1.54) is 0 Å². The van der Waals surface area contributed by atoms with Crippen molar-refractivity contribution in [2.75, 3.05) is 5.32 Å². The third kappa shape index (κ3) is 2.15. The number of hydrogen-bond acceptors (Lipinski definition) is 3. The number of hydrogen-bond donors (Lipinski definition) is 1. The Labute approximate surface area is 95.7 Å². The van der Waals surface area contributed by atoms with Crippen LogP contribution in [0, 0.1) is 13.8 Å². The van der Waals surface area contributed by atoms with Gasteiger partial charge in [-0.3, -0.25) is 0 Å². The van der Waals surface area contributed by atoms with Crippen LogP contribution in [-0.2, 0) is 0 Å². The number of rotatable bonds is 1. The highest BCUT2D eigenvalue weighted by Crippen LogP contribution is 2.17. The van der Waals surface area contributed by atoms with Crippen LogP contribution in [0.4, 0.5) is 5.82 Å². The zero-order chi connectivity index (χ0) is 11.9. The van der Waals surface area contributed by atoms with Gasteiger partial charge in [0, 0.05) is 23.4 Å². The normalized spacial score (nSPS) is 12.1. The van der Waals surface area contributed by atoms with E-state index in [1.54, 1.807) is 0 Å². The van der Waals surface area contributed by atoms with Gasteiger partial charge < -0.3 is 5.32 Å². The summed E-state index contributed by atoms with van der Waals surface area (Å²) in [5.41, 5.74) is 2.89. The Kier molecular flexibility index (Phi) is 2.37. The summed E-state index contributed by atoms with van der Waals surface area (Å²) in [6, 6.07) is 4.01. The third-order valence-electron chi connectivity index (χ3n) is 2.18. The number of nitrogens with zero attached hydrogens (tertiary/aromatic N) is 3. The number of aryl methyl sites for hydroxylation is 2. The van der Waals surface area contributed by atoms with Crippen molar-refractivity contribution in [1.29, 1.82) is 0 Å². The smallest absolute Gasteiger partial charge is 0.157 e. The van der Waals surface area contributed by atoms with Gasteiger partial charge in [0.25, 0.3) is 0 Å². The van der Waals surface area contributed by atoms with Crippen molar-refractivity contribution in [3.63, 3.8) is 0 Å². The first kappa shape index (κ1) is 10.9. The van der Waals surface area contributed by atoms with Gasteiger partial charge in [0.15, 0.2) is 5.65 Å². The van der Waals surface area contributed by atoms with E-state index in [2.05, 4.69) is 36.2 Å². The maximum atomic E-state index is 4.45. The molecule has 0 atom stereocenters. The molecule has 0 aliphatic rings. The van der Waals surface area contributed by atoms with E-state index < -0.39 is 0 Å². The molecule has 0 spiro atoms. The average molecular weight is 218 g/mol. The molecule has 2 rings (SSSR count). The molecule has 0 aromatic carbocycles. The molecule has 0 fully saturated rings. The maximum absolute atomic E-state index is 4.45. The Morgan fingerprint density at radius 3 is 2.44 bits per heavy atom.